The molecule has 0 spiro atoms. The van der Waals surface area contributed by atoms with Crippen LogP contribution >= 0.6 is 15.9 Å². The van der Waals surface area contributed by atoms with E-state index in [2.05, 4.69) is 38.1 Å². The largest absolute Gasteiger partial charge is 0.378 e. The number of nitrogens with one attached hydrogen (secondary N) is 1. The summed E-state index contributed by atoms with van der Waals surface area (Å²) < 4.78 is 6.37. The highest BCUT2D eigenvalue weighted by molar-refractivity contribution is 9.10. The maximum Gasteiger partial charge on any atom is 0.131 e. The predicted octanol–water partition coefficient (Wildman–Crippen LogP) is 2.78. The van der Waals surface area contributed by atoms with E-state index in [0.717, 1.165) is 42.1 Å². The van der Waals surface area contributed by atoms with Crippen LogP contribution < -0.4 is 5.32 Å². The number of rotatable bonds is 5. The van der Waals surface area contributed by atoms with Gasteiger partial charge in [0.25, 0.3) is 0 Å². The van der Waals surface area contributed by atoms with Crippen molar-refractivity contribution in [2.24, 2.45) is 0 Å². The van der Waals surface area contributed by atoms with Crippen molar-refractivity contribution < 1.29 is 4.74 Å². The lowest BCUT2D eigenvalue weighted by Crippen LogP contribution is -2.41. The van der Waals surface area contributed by atoms with Crippen LogP contribution in [0.15, 0.2) is 10.7 Å². The summed E-state index contributed by atoms with van der Waals surface area (Å²) in [5.41, 5.74) is 0. The van der Waals surface area contributed by atoms with Crippen molar-refractivity contribution in [1.82, 2.24) is 9.97 Å². The van der Waals surface area contributed by atoms with E-state index in [9.17, 15) is 0 Å². The lowest BCUT2D eigenvalue weighted by Gasteiger charge is -2.35. The zero-order valence-electron chi connectivity index (χ0n) is 10.2. The monoisotopic (exact) mass is 299 g/mol. The summed E-state index contributed by atoms with van der Waals surface area (Å²) in [5.74, 6) is 1.77. The summed E-state index contributed by atoms with van der Waals surface area (Å²) in [7, 11) is 0. The highest BCUT2D eigenvalue weighted by Gasteiger charge is 2.29. The number of hydrogen-bond acceptors (Lipinski definition) is 4. The first-order valence-corrected chi connectivity index (χ1v) is 6.92. The fourth-order valence-corrected chi connectivity index (χ4v) is 2.38. The maximum atomic E-state index is 5.53. The van der Waals surface area contributed by atoms with Crippen molar-refractivity contribution >= 4 is 21.7 Å². The zero-order valence-corrected chi connectivity index (χ0v) is 11.8. The van der Waals surface area contributed by atoms with Crippen molar-refractivity contribution in [3.05, 3.63) is 16.5 Å². The molecule has 1 aliphatic carbocycles. The number of nitrogens with zero attached hydrogens (tertiary/aromatic N) is 2. The summed E-state index contributed by atoms with van der Waals surface area (Å²) >= 11 is 3.40. The molecule has 1 N–H and O–H groups in total. The van der Waals surface area contributed by atoms with Gasteiger partial charge >= 0.3 is 0 Å². The van der Waals surface area contributed by atoms with Gasteiger partial charge in [-0.05, 0) is 35.7 Å². The molecule has 1 aromatic rings. The molecular weight excluding hydrogens is 282 g/mol. The second kappa shape index (κ2) is 5.78. The Morgan fingerprint density at radius 2 is 2.18 bits per heavy atom. The summed E-state index contributed by atoms with van der Waals surface area (Å²) in [4.78, 5) is 8.74. The number of hydrogen-bond donors (Lipinski definition) is 1. The van der Waals surface area contributed by atoms with Crippen LogP contribution in [0.5, 0.6) is 0 Å². The van der Waals surface area contributed by atoms with Crippen LogP contribution in [-0.4, -0.2) is 28.7 Å². The molecule has 0 saturated heterocycles. The van der Waals surface area contributed by atoms with Crippen LogP contribution in [0, 0.1) is 0 Å². The third-order valence-corrected chi connectivity index (χ3v) is 3.31. The summed E-state index contributed by atoms with van der Waals surface area (Å²) in [5, 5.41) is 3.42. The second-order valence-corrected chi connectivity index (χ2v) is 5.05. The number of anilines is 1. The third kappa shape index (κ3) is 3.39. The van der Waals surface area contributed by atoms with E-state index in [0.29, 0.717) is 12.1 Å². The molecule has 0 aromatic carbocycles. The molecule has 0 unspecified atom stereocenters. The van der Waals surface area contributed by atoms with Gasteiger partial charge in [0, 0.05) is 25.1 Å². The van der Waals surface area contributed by atoms with Crippen LogP contribution in [0.2, 0.25) is 0 Å². The van der Waals surface area contributed by atoms with Crippen molar-refractivity contribution in [2.45, 2.75) is 45.3 Å². The quantitative estimate of drug-likeness (QED) is 0.849. The molecule has 2 rings (SSSR count). The van der Waals surface area contributed by atoms with Gasteiger partial charge in [-0.3, -0.25) is 0 Å². The smallest absolute Gasteiger partial charge is 0.131 e. The van der Waals surface area contributed by atoms with E-state index < -0.39 is 0 Å². The Morgan fingerprint density at radius 1 is 1.41 bits per heavy atom. The molecule has 0 aliphatic heterocycles. The summed E-state index contributed by atoms with van der Waals surface area (Å²) in [6, 6.07) is 2.41. The highest BCUT2D eigenvalue weighted by Crippen LogP contribution is 2.26. The molecule has 0 bridgehead atoms. The van der Waals surface area contributed by atoms with Crippen molar-refractivity contribution in [2.75, 3.05) is 11.9 Å². The molecule has 1 aromatic heterocycles. The molecule has 1 heterocycles. The number of aryl methyl sites for hydroxylation is 1. The van der Waals surface area contributed by atoms with Gasteiger partial charge in [0.15, 0.2) is 0 Å². The molecule has 17 heavy (non-hydrogen) atoms. The fraction of sp³-hybridized carbons (Fsp3) is 0.667. The van der Waals surface area contributed by atoms with E-state index >= 15 is 0 Å². The van der Waals surface area contributed by atoms with Crippen LogP contribution in [0.25, 0.3) is 0 Å². The molecule has 4 nitrogen and oxygen atoms in total. The van der Waals surface area contributed by atoms with Gasteiger partial charge in [-0.25, -0.2) is 9.97 Å². The number of ether oxygens (including phenoxy) is 1. The van der Waals surface area contributed by atoms with Gasteiger partial charge in [-0.2, -0.15) is 0 Å². The molecule has 0 amide bonds. The fourth-order valence-electron chi connectivity index (χ4n) is 1.96. The van der Waals surface area contributed by atoms with Crippen LogP contribution in [0.3, 0.4) is 0 Å². The van der Waals surface area contributed by atoms with Crippen LogP contribution in [0.4, 0.5) is 5.82 Å². The topological polar surface area (TPSA) is 47.0 Å². The van der Waals surface area contributed by atoms with E-state index in [-0.39, 0.29) is 0 Å². The molecule has 94 valence electrons. The second-order valence-electron chi connectivity index (χ2n) is 4.24. The van der Waals surface area contributed by atoms with Gasteiger partial charge in [0.05, 0.1) is 6.10 Å². The van der Waals surface area contributed by atoms with Crippen molar-refractivity contribution in [3.8, 4) is 0 Å². The predicted molar refractivity (Wildman–Crippen MR) is 71.2 cm³/mol. The van der Waals surface area contributed by atoms with Crippen LogP contribution in [0.1, 0.15) is 32.5 Å². The first-order chi connectivity index (χ1) is 8.21. The maximum absolute atomic E-state index is 5.53. The third-order valence-electron chi connectivity index (χ3n) is 2.91. The first-order valence-electron chi connectivity index (χ1n) is 6.12. The minimum Gasteiger partial charge on any atom is -0.378 e. The zero-order chi connectivity index (χ0) is 12.3. The Bertz CT molecular complexity index is 380. The average Bonchev–Trinajstić information content (AvgIpc) is 2.25. The molecule has 1 fully saturated rings. The Kier molecular flexibility index (Phi) is 4.34. The van der Waals surface area contributed by atoms with E-state index in [4.69, 9.17) is 4.74 Å². The normalized spacial score (nSPS) is 23.2. The molecule has 0 atom stereocenters. The van der Waals surface area contributed by atoms with Crippen molar-refractivity contribution in [1.29, 1.82) is 0 Å². The van der Waals surface area contributed by atoms with E-state index in [1.165, 1.54) is 0 Å². The Hall–Kier alpha value is -0.680. The van der Waals surface area contributed by atoms with Gasteiger partial charge in [-0.1, -0.05) is 6.92 Å². The molecule has 0 radical (unpaired) electrons. The van der Waals surface area contributed by atoms with E-state index in [1.54, 1.807) is 0 Å². The first kappa shape index (κ1) is 12.8. The van der Waals surface area contributed by atoms with Gasteiger partial charge in [0.2, 0.25) is 0 Å². The minimum absolute atomic E-state index is 0.424. The Labute approximate surface area is 110 Å². The van der Waals surface area contributed by atoms with Gasteiger partial charge in [0.1, 0.15) is 16.2 Å². The average molecular weight is 300 g/mol. The lowest BCUT2D eigenvalue weighted by atomic mass is 9.89. The molecule has 1 saturated carbocycles. The number of aromatic nitrogens is 2. The molecule has 5 heteroatoms. The molecular formula is C12H18BrN3O. The number of halogens is 1. The Morgan fingerprint density at radius 3 is 2.82 bits per heavy atom. The lowest BCUT2D eigenvalue weighted by molar-refractivity contribution is 0.00292. The summed E-state index contributed by atoms with van der Waals surface area (Å²) in [6.07, 6.45) is 3.40. The highest BCUT2D eigenvalue weighted by atomic mass is 79.9. The van der Waals surface area contributed by atoms with Gasteiger partial charge in [-0.15, -0.1) is 0 Å². The SMILES string of the molecule is CCOC1CC(Nc2cc(Br)nc(CC)n2)C1. The molecule has 1 aliphatic rings. The Balaban J connectivity index is 1.89. The minimum atomic E-state index is 0.424. The standard InChI is InChI=1S/C12H18BrN3O/c1-3-11-15-10(13)7-12(16-11)14-8-5-9(6-8)17-4-2/h7-9H,3-6H2,1-2H3,(H,14,15,16). The van der Waals surface area contributed by atoms with Gasteiger partial charge < -0.3 is 10.1 Å². The van der Waals surface area contributed by atoms with E-state index in [1.807, 2.05) is 13.0 Å². The van der Waals surface area contributed by atoms with Crippen LogP contribution in [-0.2, 0) is 11.2 Å². The van der Waals surface area contributed by atoms with Crippen molar-refractivity contribution in [3.63, 3.8) is 0 Å². The summed E-state index contributed by atoms with van der Waals surface area (Å²) in [6.45, 7) is 4.90.